The number of hydrogen-bond donors (Lipinski definition) is 2. The third-order valence-corrected chi connectivity index (χ3v) is 6.95. The van der Waals surface area contributed by atoms with Crippen LogP contribution in [0, 0.1) is 6.92 Å². The lowest BCUT2D eigenvalue weighted by Gasteiger charge is -2.28. The van der Waals surface area contributed by atoms with Gasteiger partial charge in [-0.25, -0.2) is 4.79 Å². The van der Waals surface area contributed by atoms with Crippen LogP contribution in [0.5, 0.6) is 11.5 Å². The van der Waals surface area contributed by atoms with E-state index < -0.39 is 6.03 Å². The Morgan fingerprint density at radius 1 is 0.878 bits per heavy atom. The van der Waals surface area contributed by atoms with Crippen molar-refractivity contribution in [2.45, 2.75) is 19.9 Å². The summed E-state index contributed by atoms with van der Waals surface area (Å²) in [7, 11) is 4.65. The Hall–Kier alpha value is -4.50. The topological polar surface area (TPSA) is 96.1 Å². The fraction of sp³-hybridized carbons (Fsp3) is 0.312. The summed E-state index contributed by atoms with van der Waals surface area (Å²) in [6, 6.07) is 21.0. The monoisotopic (exact) mass is 558 g/mol. The van der Waals surface area contributed by atoms with Crippen LogP contribution in [0.1, 0.15) is 16.7 Å². The molecule has 0 aliphatic carbocycles. The van der Waals surface area contributed by atoms with Crippen molar-refractivity contribution in [1.29, 1.82) is 0 Å². The van der Waals surface area contributed by atoms with E-state index in [0.717, 1.165) is 27.6 Å². The summed E-state index contributed by atoms with van der Waals surface area (Å²) in [5, 5.41) is 4.02. The van der Waals surface area contributed by atoms with Crippen LogP contribution >= 0.6 is 0 Å². The van der Waals surface area contributed by atoms with Crippen LogP contribution in [0.25, 0.3) is 10.9 Å². The maximum absolute atomic E-state index is 13.8. The Labute approximate surface area is 241 Å². The van der Waals surface area contributed by atoms with Crippen LogP contribution in [-0.2, 0) is 22.5 Å². The maximum atomic E-state index is 13.8. The minimum absolute atomic E-state index is 0.101. The molecule has 0 unspecified atom stereocenters. The summed E-state index contributed by atoms with van der Waals surface area (Å²) in [5.74, 6) is 0.932. The van der Waals surface area contributed by atoms with Gasteiger partial charge in [-0.2, -0.15) is 0 Å². The van der Waals surface area contributed by atoms with E-state index in [1.807, 2.05) is 60.5 Å². The second kappa shape index (κ2) is 14.2. The molecule has 0 fully saturated rings. The van der Waals surface area contributed by atoms with Gasteiger partial charge in [-0.05, 0) is 30.5 Å². The molecule has 9 nitrogen and oxygen atoms in total. The first kappa shape index (κ1) is 29.5. The van der Waals surface area contributed by atoms with Gasteiger partial charge in [0.2, 0.25) is 5.91 Å². The lowest BCUT2D eigenvalue weighted by atomic mass is 10.1. The van der Waals surface area contributed by atoms with E-state index in [2.05, 4.69) is 16.4 Å². The van der Waals surface area contributed by atoms with Crippen molar-refractivity contribution in [3.63, 3.8) is 0 Å². The van der Waals surface area contributed by atoms with Gasteiger partial charge in [-0.3, -0.25) is 4.79 Å². The molecule has 0 saturated heterocycles. The molecule has 3 aromatic carbocycles. The SMILES string of the molecule is COCCN(CC(=O)N(CCc1c[nH]c2ccccc12)Cc1ccc(C)cc1)C(=O)Nc1cc(OC)cc(OC)c1. The van der Waals surface area contributed by atoms with Crippen molar-refractivity contribution in [2.24, 2.45) is 0 Å². The van der Waals surface area contributed by atoms with Gasteiger partial charge in [0.1, 0.15) is 18.0 Å². The van der Waals surface area contributed by atoms with Crippen molar-refractivity contribution >= 4 is 28.5 Å². The van der Waals surface area contributed by atoms with E-state index in [0.29, 0.717) is 36.7 Å². The third-order valence-electron chi connectivity index (χ3n) is 6.95. The summed E-state index contributed by atoms with van der Waals surface area (Å²) in [6.07, 6.45) is 2.68. The van der Waals surface area contributed by atoms with E-state index in [1.54, 1.807) is 39.5 Å². The molecule has 216 valence electrons. The number of anilines is 1. The number of rotatable bonds is 13. The zero-order valence-corrected chi connectivity index (χ0v) is 24.1. The van der Waals surface area contributed by atoms with Crippen LogP contribution in [0.2, 0.25) is 0 Å². The minimum atomic E-state index is -0.419. The second-order valence-electron chi connectivity index (χ2n) is 9.86. The van der Waals surface area contributed by atoms with E-state index >= 15 is 0 Å². The summed E-state index contributed by atoms with van der Waals surface area (Å²) in [6.45, 7) is 3.41. The number of para-hydroxylation sites is 1. The summed E-state index contributed by atoms with van der Waals surface area (Å²) in [4.78, 5) is 33.7. The van der Waals surface area contributed by atoms with Crippen molar-refractivity contribution in [1.82, 2.24) is 14.8 Å². The zero-order chi connectivity index (χ0) is 29.2. The Bertz CT molecular complexity index is 1430. The zero-order valence-electron chi connectivity index (χ0n) is 24.1. The number of urea groups is 1. The number of nitrogens with zero attached hydrogens (tertiary/aromatic N) is 2. The Balaban J connectivity index is 1.52. The van der Waals surface area contributed by atoms with Crippen LogP contribution in [0.3, 0.4) is 0 Å². The number of carbonyl (C=O) groups excluding carboxylic acids is 2. The molecule has 1 heterocycles. The Morgan fingerprint density at radius 3 is 2.27 bits per heavy atom. The molecule has 0 bridgehead atoms. The van der Waals surface area contributed by atoms with Crippen molar-refractivity contribution in [3.05, 3.63) is 89.6 Å². The maximum Gasteiger partial charge on any atom is 0.322 e. The second-order valence-corrected chi connectivity index (χ2v) is 9.86. The molecule has 0 atom stereocenters. The first-order valence-corrected chi connectivity index (χ1v) is 13.6. The van der Waals surface area contributed by atoms with Crippen molar-refractivity contribution < 1.29 is 23.8 Å². The number of hydrogen-bond acceptors (Lipinski definition) is 5. The normalized spacial score (nSPS) is 10.8. The molecule has 4 rings (SSSR count). The predicted molar refractivity (Wildman–Crippen MR) is 161 cm³/mol. The smallest absolute Gasteiger partial charge is 0.322 e. The number of fused-ring (bicyclic) bond motifs is 1. The summed E-state index contributed by atoms with van der Waals surface area (Å²) in [5.41, 5.74) is 4.89. The van der Waals surface area contributed by atoms with Crippen LogP contribution in [-0.4, -0.2) is 74.3 Å². The quantitative estimate of drug-likeness (QED) is 0.234. The predicted octanol–water partition coefficient (Wildman–Crippen LogP) is 5.25. The summed E-state index contributed by atoms with van der Waals surface area (Å²) >= 11 is 0. The lowest BCUT2D eigenvalue weighted by molar-refractivity contribution is -0.132. The largest absolute Gasteiger partial charge is 0.497 e. The standard InChI is InChI=1S/C32H38N4O5/c1-23-9-11-24(12-10-23)21-35(14-13-25-20-33-30-8-6-5-7-29(25)30)31(37)22-36(15-16-39-2)32(38)34-26-17-27(40-3)19-28(18-26)41-4/h5-12,17-20,33H,13-16,21-22H2,1-4H3,(H,34,38). The highest BCUT2D eigenvalue weighted by Crippen LogP contribution is 2.26. The van der Waals surface area contributed by atoms with Crippen LogP contribution in [0.15, 0.2) is 72.9 Å². The number of ether oxygens (including phenoxy) is 3. The number of H-pyrrole nitrogens is 1. The molecule has 9 heteroatoms. The molecule has 0 spiro atoms. The van der Waals surface area contributed by atoms with Crippen LogP contribution < -0.4 is 14.8 Å². The van der Waals surface area contributed by atoms with Gasteiger partial charge < -0.3 is 34.3 Å². The van der Waals surface area contributed by atoms with Crippen molar-refractivity contribution in [2.75, 3.05) is 52.9 Å². The van der Waals surface area contributed by atoms with Gasteiger partial charge in [-0.15, -0.1) is 0 Å². The van der Waals surface area contributed by atoms with Gasteiger partial charge in [0.15, 0.2) is 0 Å². The fourth-order valence-electron chi connectivity index (χ4n) is 4.60. The summed E-state index contributed by atoms with van der Waals surface area (Å²) < 4.78 is 15.9. The number of nitrogens with one attached hydrogen (secondary N) is 2. The lowest BCUT2D eigenvalue weighted by Crippen LogP contribution is -2.46. The molecule has 0 aliphatic rings. The number of aryl methyl sites for hydroxylation is 1. The highest BCUT2D eigenvalue weighted by molar-refractivity contribution is 5.93. The van der Waals surface area contributed by atoms with E-state index in [4.69, 9.17) is 14.2 Å². The van der Waals surface area contributed by atoms with Gasteiger partial charge in [0, 0.05) is 67.7 Å². The van der Waals surface area contributed by atoms with E-state index in [1.165, 1.54) is 4.90 Å². The third kappa shape index (κ3) is 8.02. The number of benzene rings is 3. The highest BCUT2D eigenvalue weighted by Gasteiger charge is 2.22. The van der Waals surface area contributed by atoms with Gasteiger partial charge in [-0.1, -0.05) is 48.0 Å². The molecule has 0 radical (unpaired) electrons. The molecular weight excluding hydrogens is 520 g/mol. The molecular formula is C32H38N4O5. The fourth-order valence-corrected chi connectivity index (χ4v) is 4.60. The van der Waals surface area contributed by atoms with Crippen molar-refractivity contribution in [3.8, 4) is 11.5 Å². The van der Waals surface area contributed by atoms with Gasteiger partial charge in [0.05, 0.1) is 20.8 Å². The highest BCUT2D eigenvalue weighted by atomic mass is 16.5. The molecule has 3 amide bonds. The number of amides is 3. The molecule has 4 aromatic rings. The average molecular weight is 559 g/mol. The Morgan fingerprint density at radius 2 is 1.59 bits per heavy atom. The number of carbonyl (C=O) groups is 2. The van der Waals surface area contributed by atoms with Gasteiger partial charge >= 0.3 is 6.03 Å². The van der Waals surface area contributed by atoms with Crippen LogP contribution in [0.4, 0.5) is 10.5 Å². The number of aromatic nitrogens is 1. The molecule has 0 saturated carbocycles. The molecule has 2 N–H and O–H groups in total. The Kier molecular flexibility index (Phi) is 10.2. The van der Waals surface area contributed by atoms with E-state index in [9.17, 15) is 9.59 Å². The number of aromatic amines is 1. The number of methoxy groups -OCH3 is 3. The first-order valence-electron chi connectivity index (χ1n) is 13.6. The molecule has 41 heavy (non-hydrogen) atoms. The minimum Gasteiger partial charge on any atom is -0.497 e. The van der Waals surface area contributed by atoms with E-state index in [-0.39, 0.29) is 25.6 Å². The van der Waals surface area contributed by atoms with Gasteiger partial charge in [0.25, 0.3) is 0 Å². The molecule has 1 aromatic heterocycles. The first-order chi connectivity index (χ1) is 19.9. The molecule has 0 aliphatic heterocycles. The average Bonchev–Trinajstić information content (AvgIpc) is 3.40.